The van der Waals surface area contributed by atoms with Gasteiger partial charge in [-0.1, -0.05) is 13.0 Å². The number of hydrogen-bond donors (Lipinski definition) is 1. The third-order valence-corrected chi connectivity index (χ3v) is 6.38. The van der Waals surface area contributed by atoms with E-state index in [1.807, 2.05) is 0 Å². The van der Waals surface area contributed by atoms with Gasteiger partial charge < -0.3 is 19.3 Å². The Labute approximate surface area is 174 Å². The fraction of sp³-hybridized carbons (Fsp3) is 0.227. The zero-order valence-electron chi connectivity index (χ0n) is 16.8. The van der Waals surface area contributed by atoms with Gasteiger partial charge in [0, 0.05) is 5.39 Å². The largest absolute Gasteiger partial charge is 0.493 e. The summed E-state index contributed by atoms with van der Waals surface area (Å²) in [7, 11) is -0.265. The van der Waals surface area contributed by atoms with Gasteiger partial charge in [0.1, 0.15) is 11.5 Å². The number of fused-ring (bicyclic) bond motifs is 1. The molecular formula is C22H22O7S. The van der Waals surface area contributed by atoms with Crippen molar-refractivity contribution in [2.45, 2.75) is 18.2 Å². The van der Waals surface area contributed by atoms with E-state index in [-0.39, 0.29) is 17.1 Å². The Morgan fingerprint density at radius 1 is 0.933 bits per heavy atom. The average molecular weight is 430 g/mol. The van der Waals surface area contributed by atoms with Gasteiger partial charge in [0.25, 0.3) is 0 Å². The highest BCUT2D eigenvalue weighted by Crippen LogP contribution is 2.39. The van der Waals surface area contributed by atoms with Crippen molar-refractivity contribution < 1.29 is 32.5 Å². The highest BCUT2D eigenvalue weighted by atomic mass is 32.2. The molecule has 0 spiro atoms. The van der Waals surface area contributed by atoms with Crippen LogP contribution in [-0.2, 0) is 21.1 Å². The number of methoxy groups -OCH3 is 2. The molecule has 0 aliphatic heterocycles. The fourth-order valence-electron chi connectivity index (χ4n) is 3.08. The molecule has 0 aromatic heterocycles. The molecule has 0 aliphatic carbocycles. The van der Waals surface area contributed by atoms with Gasteiger partial charge in [0.05, 0.1) is 31.3 Å². The molecule has 7 nitrogen and oxygen atoms in total. The first-order valence-electron chi connectivity index (χ1n) is 9.18. The number of carboxylic acids is 1. The first-order chi connectivity index (χ1) is 14.3. The number of hydrogen-bond acceptors (Lipinski definition) is 6. The maximum Gasteiger partial charge on any atom is 0.307 e. The van der Waals surface area contributed by atoms with E-state index in [4.69, 9.17) is 14.2 Å². The molecule has 1 N–H and O–H groups in total. The molecule has 0 radical (unpaired) electrons. The topological polar surface area (TPSA) is 99.1 Å². The number of rotatable bonds is 8. The van der Waals surface area contributed by atoms with Gasteiger partial charge in [0.2, 0.25) is 0 Å². The van der Waals surface area contributed by atoms with Crippen LogP contribution in [0, 0.1) is 0 Å². The van der Waals surface area contributed by atoms with E-state index >= 15 is 0 Å². The van der Waals surface area contributed by atoms with Gasteiger partial charge in [-0.15, -0.1) is 0 Å². The molecule has 0 heterocycles. The zero-order chi connectivity index (χ0) is 21.9. The maximum absolute atomic E-state index is 12.0. The summed E-state index contributed by atoms with van der Waals surface area (Å²) in [5, 5.41) is 10.6. The Bertz CT molecular complexity index is 1180. The van der Waals surface area contributed by atoms with Crippen molar-refractivity contribution in [3.8, 4) is 23.0 Å². The molecule has 0 saturated carbocycles. The molecule has 3 aromatic carbocycles. The second-order valence-corrected chi connectivity index (χ2v) is 8.85. The average Bonchev–Trinajstić information content (AvgIpc) is 2.72. The van der Waals surface area contributed by atoms with Crippen LogP contribution in [0.2, 0.25) is 0 Å². The summed E-state index contributed by atoms with van der Waals surface area (Å²) in [5.74, 6) is 0.915. The molecule has 0 fully saturated rings. The van der Waals surface area contributed by atoms with Crippen molar-refractivity contribution in [2.24, 2.45) is 0 Å². The van der Waals surface area contributed by atoms with Crippen LogP contribution in [0.1, 0.15) is 12.5 Å². The SMILES string of the molecule is CCS(=O)(=O)c1ccc(Oc2cc(CC(=O)O)cc3cc(OC)c(OC)cc23)cc1. The predicted molar refractivity (Wildman–Crippen MR) is 113 cm³/mol. The Hall–Kier alpha value is -3.26. The molecule has 3 rings (SSSR count). The minimum atomic E-state index is -3.31. The second kappa shape index (κ2) is 8.62. The summed E-state index contributed by atoms with van der Waals surface area (Å²) in [4.78, 5) is 11.4. The number of carbonyl (C=O) groups is 1. The van der Waals surface area contributed by atoms with E-state index in [1.54, 1.807) is 43.3 Å². The second-order valence-electron chi connectivity index (χ2n) is 6.57. The summed E-state index contributed by atoms with van der Waals surface area (Å²) in [5.41, 5.74) is 0.558. The Kier molecular flexibility index (Phi) is 6.17. The molecule has 3 aromatic rings. The normalized spacial score (nSPS) is 11.3. The summed E-state index contributed by atoms with van der Waals surface area (Å²) in [6.45, 7) is 1.58. The molecule has 0 amide bonds. The highest BCUT2D eigenvalue weighted by Gasteiger charge is 2.15. The number of sulfone groups is 1. The van der Waals surface area contributed by atoms with Crippen molar-refractivity contribution in [3.05, 3.63) is 54.1 Å². The molecule has 0 aliphatic rings. The lowest BCUT2D eigenvalue weighted by atomic mass is 10.0. The molecule has 0 saturated heterocycles. The van der Waals surface area contributed by atoms with E-state index in [9.17, 15) is 18.3 Å². The zero-order valence-corrected chi connectivity index (χ0v) is 17.7. The van der Waals surface area contributed by atoms with Crippen molar-refractivity contribution in [2.75, 3.05) is 20.0 Å². The van der Waals surface area contributed by atoms with Crippen LogP contribution in [0.3, 0.4) is 0 Å². The monoisotopic (exact) mass is 430 g/mol. The molecular weight excluding hydrogens is 408 g/mol. The maximum atomic E-state index is 12.0. The van der Waals surface area contributed by atoms with Crippen LogP contribution in [-0.4, -0.2) is 39.5 Å². The lowest BCUT2D eigenvalue weighted by Gasteiger charge is -2.15. The standard InChI is InChI=1S/C22H22O7S/c1-4-30(25,26)17-7-5-16(6-8-17)29-19-10-14(11-22(23)24)9-15-12-20(27-2)21(28-3)13-18(15)19/h5-10,12-13H,4,11H2,1-3H3,(H,23,24). The summed E-state index contributed by atoms with van der Waals surface area (Å²) in [6.07, 6.45) is -0.172. The third kappa shape index (κ3) is 4.49. The smallest absolute Gasteiger partial charge is 0.307 e. The number of ether oxygens (including phenoxy) is 3. The fourth-order valence-corrected chi connectivity index (χ4v) is 3.97. The van der Waals surface area contributed by atoms with Crippen LogP contribution in [0.4, 0.5) is 0 Å². The van der Waals surface area contributed by atoms with Crippen molar-refractivity contribution >= 4 is 26.6 Å². The van der Waals surface area contributed by atoms with Crippen LogP contribution >= 0.6 is 0 Å². The first kappa shape index (κ1) is 21.4. The van der Waals surface area contributed by atoms with E-state index in [0.29, 0.717) is 33.9 Å². The Morgan fingerprint density at radius 2 is 1.57 bits per heavy atom. The van der Waals surface area contributed by atoms with Gasteiger partial charge in [-0.3, -0.25) is 4.79 Å². The molecule has 30 heavy (non-hydrogen) atoms. The molecule has 8 heteroatoms. The van der Waals surface area contributed by atoms with Crippen LogP contribution in [0.15, 0.2) is 53.4 Å². The Morgan fingerprint density at radius 3 is 2.13 bits per heavy atom. The van der Waals surface area contributed by atoms with Crippen molar-refractivity contribution in [1.82, 2.24) is 0 Å². The van der Waals surface area contributed by atoms with Crippen molar-refractivity contribution in [3.63, 3.8) is 0 Å². The van der Waals surface area contributed by atoms with Crippen LogP contribution in [0.25, 0.3) is 10.8 Å². The lowest BCUT2D eigenvalue weighted by Crippen LogP contribution is -2.03. The first-order valence-corrected chi connectivity index (χ1v) is 10.8. The highest BCUT2D eigenvalue weighted by molar-refractivity contribution is 7.91. The Balaban J connectivity index is 2.09. The summed E-state index contributed by atoms with van der Waals surface area (Å²) >= 11 is 0. The molecule has 158 valence electrons. The lowest BCUT2D eigenvalue weighted by molar-refractivity contribution is -0.136. The van der Waals surface area contributed by atoms with Gasteiger partial charge in [0.15, 0.2) is 21.3 Å². The van der Waals surface area contributed by atoms with Crippen LogP contribution in [0.5, 0.6) is 23.0 Å². The van der Waals surface area contributed by atoms with Gasteiger partial charge in [-0.05, 0) is 53.4 Å². The van der Waals surface area contributed by atoms with Gasteiger partial charge >= 0.3 is 5.97 Å². The van der Waals surface area contributed by atoms with Gasteiger partial charge in [-0.25, -0.2) is 8.42 Å². The van der Waals surface area contributed by atoms with E-state index in [0.717, 1.165) is 5.39 Å². The molecule has 0 atom stereocenters. The predicted octanol–water partition coefficient (Wildman–Crippen LogP) is 4.07. The van der Waals surface area contributed by atoms with E-state index in [2.05, 4.69) is 0 Å². The molecule has 0 unspecified atom stereocenters. The number of carboxylic acid groups (broad SMARTS) is 1. The van der Waals surface area contributed by atoms with Crippen LogP contribution < -0.4 is 14.2 Å². The summed E-state index contributed by atoms with van der Waals surface area (Å²) < 4.78 is 40.7. The van der Waals surface area contributed by atoms with E-state index in [1.165, 1.54) is 26.4 Å². The third-order valence-electron chi connectivity index (χ3n) is 4.62. The number of aliphatic carboxylic acids is 1. The quantitative estimate of drug-likeness (QED) is 0.575. The van der Waals surface area contributed by atoms with E-state index < -0.39 is 15.8 Å². The minimum Gasteiger partial charge on any atom is -0.493 e. The molecule has 0 bridgehead atoms. The van der Waals surface area contributed by atoms with Crippen molar-refractivity contribution in [1.29, 1.82) is 0 Å². The minimum absolute atomic E-state index is 0.0106. The number of benzene rings is 3. The summed E-state index contributed by atoms with van der Waals surface area (Å²) in [6, 6.07) is 13.0. The van der Waals surface area contributed by atoms with Gasteiger partial charge in [-0.2, -0.15) is 0 Å².